The second-order valence-corrected chi connectivity index (χ2v) is 3.62. The van der Waals surface area contributed by atoms with Gasteiger partial charge in [-0.2, -0.15) is 5.26 Å². The third-order valence-electron chi connectivity index (χ3n) is 2.37. The van der Waals surface area contributed by atoms with Crippen LogP contribution >= 0.6 is 0 Å². The van der Waals surface area contributed by atoms with Gasteiger partial charge in [-0.3, -0.25) is 10.1 Å². The molecular formula is C11H12N4O4. The Hall–Kier alpha value is -2.69. The number of pyridine rings is 1. The molecule has 0 saturated carbocycles. The topological polar surface area (TPSA) is 109 Å². The molecule has 0 spiro atoms. The Morgan fingerprint density at radius 1 is 1.63 bits per heavy atom. The predicted molar refractivity (Wildman–Crippen MR) is 65.7 cm³/mol. The van der Waals surface area contributed by atoms with Crippen LogP contribution in [0.25, 0.3) is 0 Å². The van der Waals surface area contributed by atoms with Crippen LogP contribution in [-0.4, -0.2) is 36.6 Å². The number of nitriles is 1. The van der Waals surface area contributed by atoms with E-state index < -0.39 is 10.9 Å². The molecule has 1 rings (SSSR count). The minimum Gasteiger partial charge on any atom is -0.464 e. The minimum absolute atomic E-state index is 0.0214. The van der Waals surface area contributed by atoms with Crippen molar-refractivity contribution in [3.8, 4) is 6.07 Å². The van der Waals surface area contributed by atoms with Gasteiger partial charge in [0.1, 0.15) is 0 Å². The lowest BCUT2D eigenvalue weighted by Crippen LogP contribution is -2.21. The van der Waals surface area contributed by atoms with E-state index in [4.69, 9.17) is 5.26 Å². The van der Waals surface area contributed by atoms with E-state index in [1.54, 1.807) is 7.05 Å². The number of nitrogens with zero attached hydrogens (tertiary/aromatic N) is 4. The van der Waals surface area contributed by atoms with Crippen molar-refractivity contribution in [2.45, 2.75) is 6.42 Å². The van der Waals surface area contributed by atoms with E-state index in [1.165, 1.54) is 24.1 Å². The zero-order valence-corrected chi connectivity index (χ0v) is 10.5. The molecule has 19 heavy (non-hydrogen) atoms. The number of anilines is 1. The lowest BCUT2D eigenvalue weighted by molar-refractivity contribution is -0.384. The fourth-order valence-corrected chi connectivity index (χ4v) is 1.41. The van der Waals surface area contributed by atoms with Gasteiger partial charge in [-0.25, -0.2) is 9.78 Å². The molecule has 8 nitrogen and oxygen atoms in total. The molecule has 1 aromatic rings. The zero-order valence-electron chi connectivity index (χ0n) is 10.5. The van der Waals surface area contributed by atoms with Gasteiger partial charge in [-0.05, 0) is 6.07 Å². The van der Waals surface area contributed by atoms with Crippen LogP contribution in [0.15, 0.2) is 12.1 Å². The summed E-state index contributed by atoms with van der Waals surface area (Å²) in [5.74, 6) is -0.645. The van der Waals surface area contributed by atoms with Crippen molar-refractivity contribution in [2.75, 3.05) is 25.6 Å². The molecule has 0 fully saturated rings. The Kier molecular flexibility index (Phi) is 4.76. The number of esters is 1. The van der Waals surface area contributed by atoms with E-state index in [2.05, 4.69) is 9.72 Å². The van der Waals surface area contributed by atoms with Crippen molar-refractivity contribution in [1.82, 2.24) is 4.98 Å². The van der Waals surface area contributed by atoms with Gasteiger partial charge in [-0.15, -0.1) is 0 Å². The van der Waals surface area contributed by atoms with E-state index in [1.807, 2.05) is 6.07 Å². The van der Waals surface area contributed by atoms with Crippen LogP contribution in [0.3, 0.4) is 0 Å². The first-order valence-electron chi connectivity index (χ1n) is 5.33. The van der Waals surface area contributed by atoms with Crippen LogP contribution in [0.2, 0.25) is 0 Å². The number of rotatable bonds is 5. The van der Waals surface area contributed by atoms with E-state index in [0.29, 0.717) is 0 Å². The van der Waals surface area contributed by atoms with Crippen molar-refractivity contribution >= 4 is 17.5 Å². The molecule has 0 bridgehead atoms. The van der Waals surface area contributed by atoms with Gasteiger partial charge in [0.05, 0.1) is 24.5 Å². The fraction of sp³-hybridized carbons (Fsp3) is 0.364. The first-order valence-corrected chi connectivity index (χ1v) is 5.33. The third-order valence-corrected chi connectivity index (χ3v) is 2.37. The van der Waals surface area contributed by atoms with Crippen molar-refractivity contribution in [3.05, 3.63) is 27.9 Å². The molecule has 100 valence electrons. The number of carbonyl (C=O) groups excluding carboxylic acids is 1. The molecule has 0 radical (unpaired) electrons. The fourth-order valence-electron chi connectivity index (χ4n) is 1.41. The highest BCUT2D eigenvalue weighted by molar-refractivity contribution is 5.88. The number of hydrogen-bond acceptors (Lipinski definition) is 7. The first kappa shape index (κ1) is 14.4. The second-order valence-electron chi connectivity index (χ2n) is 3.62. The highest BCUT2D eigenvalue weighted by Gasteiger charge is 2.21. The summed E-state index contributed by atoms with van der Waals surface area (Å²) in [4.78, 5) is 27.0. The smallest absolute Gasteiger partial charge is 0.356 e. The molecule has 0 unspecified atom stereocenters. The molecule has 0 aliphatic heterocycles. The summed E-state index contributed by atoms with van der Waals surface area (Å²) in [6.07, 6.45) is 0.192. The van der Waals surface area contributed by atoms with E-state index in [-0.39, 0.29) is 30.2 Å². The van der Waals surface area contributed by atoms with E-state index >= 15 is 0 Å². The van der Waals surface area contributed by atoms with Gasteiger partial charge in [0.15, 0.2) is 5.69 Å². The summed E-state index contributed by atoms with van der Waals surface area (Å²) in [5, 5.41) is 19.4. The molecule has 0 aromatic carbocycles. The minimum atomic E-state index is -0.676. The summed E-state index contributed by atoms with van der Waals surface area (Å²) < 4.78 is 4.51. The normalized spacial score (nSPS) is 9.53. The van der Waals surface area contributed by atoms with Crippen molar-refractivity contribution in [3.63, 3.8) is 0 Å². The van der Waals surface area contributed by atoms with Gasteiger partial charge >= 0.3 is 11.7 Å². The van der Waals surface area contributed by atoms with Gasteiger partial charge in [0, 0.05) is 19.7 Å². The van der Waals surface area contributed by atoms with Gasteiger partial charge in [-0.1, -0.05) is 0 Å². The molecule has 0 aliphatic rings. The van der Waals surface area contributed by atoms with Crippen LogP contribution in [0.5, 0.6) is 0 Å². The predicted octanol–water partition coefficient (Wildman–Crippen LogP) is 1.13. The number of nitro groups is 1. The number of hydrogen-bond donors (Lipinski definition) is 0. The van der Waals surface area contributed by atoms with E-state index in [9.17, 15) is 14.9 Å². The molecule has 8 heteroatoms. The Labute approximate surface area is 109 Å². The van der Waals surface area contributed by atoms with E-state index in [0.717, 1.165) is 0 Å². The van der Waals surface area contributed by atoms with Gasteiger partial charge in [0.25, 0.3) is 0 Å². The molecule has 0 saturated heterocycles. The molecule has 1 heterocycles. The third kappa shape index (κ3) is 3.38. The Bertz CT molecular complexity index is 538. The van der Waals surface area contributed by atoms with Crippen molar-refractivity contribution < 1.29 is 14.5 Å². The average molecular weight is 264 g/mol. The zero-order chi connectivity index (χ0) is 14.4. The summed E-state index contributed by atoms with van der Waals surface area (Å²) in [7, 11) is 2.76. The molecule has 0 N–H and O–H groups in total. The number of methoxy groups -OCH3 is 1. The average Bonchev–Trinajstić information content (AvgIpc) is 2.42. The second kappa shape index (κ2) is 6.30. The van der Waals surface area contributed by atoms with Gasteiger partial charge < -0.3 is 9.64 Å². The number of ether oxygens (including phenoxy) is 1. The lowest BCUT2D eigenvalue weighted by Gasteiger charge is -2.16. The number of aromatic nitrogens is 1. The maximum absolute atomic E-state index is 11.4. The van der Waals surface area contributed by atoms with Crippen LogP contribution in [-0.2, 0) is 4.74 Å². The molecule has 0 aliphatic carbocycles. The SMILES string of the molecule is COC(=O)c1ccc([N+](=O)[O-])c(N(C)CCC#N)n1. The summed E-state index contributed by atoms with van der Waals surface area (Å²) in [6.45, 7) is 0.273. The Balaban J connectivity index is 3.19. The Morgan fingerprint density at radius 2 is 2.32 bits per heavy atom. The highest BCUT2D eigenvalue weighted by atomic mass is 16.6. The lowest BCUT2D eigenvalue weighted by atomic mass is 10.3. The quantitative estimate of drug-likeness (QED) is 0.445. The van der Waals surface area contributed by atoms with Crippen LogP contribution < -0.4 is 4.90 Å². The van der Waals surface area contributed by atoms with Crippen LogP contribution in [0, 0.1) is 21.4 Å². The van der Waals surface area contributed by atoms with Crippen molar-refractivity contribution in [1.29, 1.82) is 5.26 Å². The molecule has 0 amide bonds. The number of carbonyl (C=O) groups is 1. The molecule has 0 atom stereocenters. The highest BCUT2D eigenvalue weighted by Crippen LogP contribution is 2.25. The van der Waals surface area contributed by atoms with Crippen LogP contribution in [0.4, 0.5) is 11.5 Å². The first-order chi connectivity index (χ1) is 9.01. The molecular weight excluding hydrogens is 252 g/mol. The summed E-state index contributed by atoms with van der Waals surface area (Å²) in [5.41, 5.74) is -0.250. The summed E-state index contributed by atoms with van der Waals surface area (Å²) in [6, 6.07) is 4.35. The van der Waals surface area contributed by atoms with Crippen LogP contribution in [0.1, 0.15) is 16.9 Å². The van der Waals surface area contributed by atoms with Crippen molar-refractivity contribution in [2.24, 2.45) is 0 Å². The molecule has 1 aromatic heterocycles. The monoisotopic (exact) mass is 264 g/mol. The maximum Gasteiger partial charge on any atom is 0.356 e. The largest absolute Gasteiger partial charge is 0.464 e. The standard InChI is InChI=1S/C11H12N4O4/c1-14(7-3-6-12)10-9(15(17)18)5-4-8(13-10)11(16)19-2/h4-5H,3,7H2,1-2H3. The summed E-state index contributed by atoms with van der Waals surface area (Å²) >= 11 is 0. The Morgan fingerprint density at radius 3 is 2.84 bits per heavy atom. The van der Waals surface area contributed by atoms with Gasteiger partial charge in [0.2, 0.25) is 5.82 Å². The maximum atomic E-state index is 11.4.